The molecule has 1 aromatic carbocycles. The summed E-state index contributed by atoms with van der Waals surface area (Å²) in [6, 6.07) is 10.4. The van der Waals surface area contributed by atoms with Crippen molar-refractivity contribution >= 4 is 47.1 Å². The molecule has 146 valence electrons. The van der Waals surface area contributed by atoms with E-state index in [1.54, 1.807) is 35.5 Å². The van der Waals surface area contributed by atoms with Crippen LogP contribution in [0.15, 0.2) is 48.1 Å². The first-order chi connectivity index (χ1) is 13.3. The van der Waals surface area contributed by atoms with Crippen LogP contribution >= 0.6 is 35.5 Å². The molecule has 1 amide bonds. The number of fused-ring (bicyclic) bond motifs is 1. The molecule has 1 aliphatic heterocycles. The summed E-state index contributed by atoms with van der Waals surface area (Å²) in [6.45, 7) is 0.773. The van der Waals surface area contributed by atoms with Gasteiger partial charge in [0.25, 0.3) is 0 Å². The summed E-state index contributed by atoms with van der Waals surface area (Å²) in [5.74, 6) is 1.19. The summed E-state index contributed by atoms with van der Waals surface area (Å²) in [5.41, 5.74) is 5.51. The van der Waals surface area contributed by atoms with E-state index in [0.717, 1.165) is 52.7 Å². The average Bonchev–Trinajstić information content (AvgIpc) is 3.14. The van der Waals surface area contributed by atoms with E-state index < -0.39 is 0 Å². The second-order valence-electron chi connectivity index (χ2n) is 6.51. The highest BCUT2D eigenvalue weighted by Crippen LogP contribution is 2.33. The molecule has 0 aliphatic carbocycles. The van der Waals surface area contributed by atoms with Crippen LogP contribution in [0, 0.1) is 0 Å². The lowest BCUT2D eigenvalue weighted by molar-refractivity contribution is -0.118. The lowest BCUT2D eigenvalue weighted by atomic mass is 10.0. The number of hydrogen-bond acceptors (Lipinski definition) is 5. The molecule has 2 aromatic heterocycles. The highest BCUT2D eigenvalue weighted by Gasteiger charge is 2.22. The quantitative estimate of drug-likeness (QED) is 0.548. The molecule has 28 heavy (non-hydrogen) atoms. The van der Waals surface area contributed by atoms with Crippen molar-refractivity contribution in [3.63, 3.8) is 0 Å². The van der Waals surface area contributed by atoms with Crippen molar-refractivity contribution in [3.05, 3.63) is 53.7 Å². The van der Waals surface area contributed by atoms with Gasteiger partial charge >= 0.3 is 0 Å². The largest absolute Gasteiger partial charge is 0.311 e. The predicted octanol–water partition coefficient (Wildman–Crippen LogP) is 5.33. The number of thioether (sulfide) groups is 1. The highest BCUT2D eigenvalue weighted by molar-refractivity contribution is 7.98. The minimum Gasteiger partial charge on any atom is -0.311 e. The van der Waals surface area contributed by atoms with Gasteiger partial charge in [-0.15, -0.1) is 23.7 Å². The third-order valence-corrected chi connectivity index (χ3v) is 6.24. The normalized spacial score (nSPS) is 13.6. The van der Waals surface area contributed by atoms with Crippen LogP contribution in [-0.4, -0.2) is 34.4 Å². The number of benzene rings is 1. The maximum Gasteiger partial charge on any atom is 0.227 e. The molecule has 4 rings (SSSR count). The lowest BCUT2D eigenvalue weighted by Crippen LogP contribution is -2.32. The number of thiazole rings is 1. The molecule has 0 atom stereocenters. The molecule has 0 unspecified atom stereocenters. The maximum atomic E-state index is 12.5. The first-order valence-corrected chi connectivity index (χ1v) is 11.3. The molecule has 3 aromatic rings. The fourth-order valence-electron chi connectivity index (χ4n) is 3.37. The van der Waals surface area contributed by atoms with Crippen LogP contribution < -0.4 is 4.90 Å². The van der Waals surface area contributed by atoms with Gasteiger partial charge in [-0.1, -0.05) is 6.07 Å². The summed E-state index contributed by atoms with van der Waals surface area (Å²) in [7, 11) is 0. The Hall–Kier alpha value is -1.89. The van der Waals surface area contributed by atoms with Gasteiger partial charge in [0.05, 0.1) is 5.69 Å². The number of halogens is 1. The fourth-order valence-corrected chi connectivity index (χ4v) is 4.57. The molecule has 0 spiro atoms. The van der Waals surface area contributed by atoms with Crippen LogP contribution in [0.5, 0.6) is 0 Å². The van der Waals surface area contributed by atoms with E-state index in [0.29, 0.717) is 6.42 Å². The SMILES string of the molecule is CSCCN1C(=O)CCCc2cc(-c3csc(-c4ccncc4)n3)ccc21.Cl. The van der Waals surface area contributed by atoms with Gasteiger partial charge in [0.15, 0.2) is 0 Å². The molecular formula is C21H22ClN3OS2. The number of hydrogen-bond donors (Lipinski definition) is 0. The second-order valence-corrected chi connectivity index (χ2v) is 8.35. The number of rotatable bonds is 5. The summed E-state index contributed by atoms with van der Waals surface area (Å²) in [4.78, 5) is 23.3. The summed E-state index contributed by atoms with van der Waals surface area (Å²) < 4.78 is 0. The van der Waals surface area contributed by atoms with Crippen molar-refractivity contribution in [3.8, 4) is 21.8 Å². The Morgan fingerprint density at radius 1 is 1.14 bits per heavy atom. The summed E-state index contributed by atoms with van der Waals surface area (Å²) in [5, 5.41) is 3.10. The van der Waals surface area contributed by atoms with Gasteiger partial charge in [0.1, 0.15) is 5.01 Å². The Morgan fingerprint density at radius 3 is 2.75 bits per heavy atom. The van der Waals surface area contributed by atoms with Crippen LogP contribution in [0.2, 0.25) is 0 Å². The van der Waals surface area contributed by atoms with Gasteiger partial charge in [-0.2, -0.15) is 11.8 Å². The van der Waals surface area contributed by atoms with E-state index in [2.05, 4.69) is 34.8 Å². The number of aryl methyl sites for hydroxylation is 1. The van der Waals surface area contributed by atoms with Crippen LogP contribution in [-0.2, 0) is 11.2 Å². The number of carbonyl (C=O) groups excluding carboxylic acids is 1. The summed E-state index contributed by atoms with van der Waals surface area (Å²) >= 11 is 3.42. The third kappa shape index (κ3) is 4.40. The zero-order chi connectivity index (χ0) is 18.6. The Balaban J connectivity index is 0.00000225. The lowest BCUT2D eigenvalue weighted by Gasteiger charge is -2.23. The number of carbonyl (C=O) groups is 1. The summed E-state index contributed by atoms with van der Waals surface area (Å²) in [6.07, 6.45) is 8.13. The first kappa shape index (κ1) is 20.8. The molecule has 0 radical (unpaired) electrons. The zero-order valence-corrected chi connectivity index (χ0v) is 18.1. The van der Waals surface area contributed by atoms with Gasteiger partial charge in [-0.05, 0) is 48.9 Å². The van der Waals surface area contributed by atoms with Crippen molar-refractivity contribution in [2.24, 2.45) is 0 Å². The van der Waals surface area contributed by atoms with Crippen molar-refractivity contribution in [2.45, 2.75) is 19.3 Å². The van der Waals surface area contributed by atoms with Crippen LogP contribution in [0.25, 0.3) is 21.8 Å². The molecule has 3 heterocycles. The van der Waals surface area contributed by atoms with Gasteiger partial charge in [-0.25, -0.2) is 4.98 Å². The van der Waals surface area contributed by atoms with E-state index in [4.69, 9.17) is 4.98 Å². The number of nitrogens with zero attached hydrogens (tertiary/aromatic N) is 3. The Bertz CT molecular complexity index is 946. The first-order valence-electron chi connectivity index (χ1n) is 9.05. The van der Waals surface area contributed by atoms with Crippen LogP contribution in [0.4, 0.5) is 5.69 Å². The van der Waals surface area contributed by atoms with Crippen molar-refractivity contribution in [1.82, 2.24) is 9.97 Å². The van der Waals surface area contributed by atoms with E-state index in [1.165, 1.54) is 5.56 Å². The number of aromatic nitrogens is 2. The standard InChI is InChI=1S/C21H21N3OS2.ClH/c1-26-12-11-24-19-6-5-16(13-17(19)3-2-4-20(24)25)18-14-27-21(23-18)15-7-9-22-10-8-15;/h5-10,13-14H,2-4,11-12H2,1H3;1H. The van der Waals surface area contributed by atoms with Gasteiger partial charge in [0, 0.05) is 53.3 Å². The number of pyridine rings is 1. The molecule has 0 saturated carbocycles. The van der Waals surface area contributed by atoms with Crippen molar-refractivity contribution < 1.29 is 4.79 Å². The third-order valence-electron chi connectivity index (χ3n) is 4.75. The molecule has 0 bridgehead atoms. The smallest absolute Gasteiger partial charge is 0.227 e. The average molecular weight is 432 g/mol. The molecular weight excluding hydrogens is 410 g/mol. The molecule has 0 N–H and O–H groups in total. The van der Waals surface area contributed by atoms with Crippen LogP contribution in [0.1, 0.15) is 18.4 Å². The zero-order valence-electron chi connectivity index (χ0n) is 15.6. The molecule has 7 heteroatoms. The fraction of sp³-hybridized carbons (Fsp3) is 0.286. The monoisotopic (exact) mass is 431 g/mol. The molecule has 4 nitrogen and oxygen atoms in total. The molecule has 0 fully saturated rings. The van der Waals surface area contributed by atoms with Gasteiger partial charge in [0.2, 0.25) is 5.91 Å². The van der Waals surface area contributed by atoms with Crippen molar-refractivity contribution in [1.29, 1.82) is 0 Å². The molecule has 1 aliphatic rings. The minimum atomic E-state index is 0. The Labute approximate surface area is 179 Å². The van der Waals surface area contributed by atoms with Crippen molar-refractivity contribution in [2.75, 3.05) is 23.5 Å². The van der Waals surface area contributed by atoms with Gasteiger partial charge in [-0.3, -0.25) is 9.78 Å². The minimum absolute atomic E-state index is 0. The van der Waals surface area contributed by atoms with E-state index in [1.807, 2.05) is 17.0 Å². The maximum absolute atomic E-state index is 12.5. The van der Waals surface area contributed by atoms with Crippen LogP contribution in [0.3, 0.4) is 0 Å². The molecule has 0 saturated heterocycles. The van der Waals surface area contributed by atoms with E-state index in [-0.39, 0.29) is 18.3 Å². The Kier molecular flexibility index (Phi) is 7.10. The Morgan fingerprint density at radius 2 is 1.96 bits per heavy atom. The predicted molar refractivity (Wildman–Crippen MR) is 122 cm³/mol. The van der Waals surface area contributed by atoms with Gasteiger partial charge < -0.3 is 4.90 Å². The highest BCUT2D eigenvalue weighted by atomic mass is 35.5. The number of anilines is 1. The topological polar surface area (TPSA) is 46.1 Å². The van der Waals surface area contributed by atoms with E-state index >= 15 is 0 Å². The second kappa shape index (κ2) is 9.54. The van der Waals surface area contributed by atoms with E-state index in [9.17, 15) is 4.79 Å². The number of amides is 1.